The van der Waals surface area contributed by atoms with Gasteiger partial charge in [-0.15, -0.1) is 24.8 Å². The van der Waals surface area contributed by atoms with Crippen LogP contribution in [0.15, 0.2) is 48.8 Å². The smallest absolute Gasteiger partial charge is 0.244 e. The van der Waals surface area contributed by atoms with Crippen LogP contribution in [0, 0.1) is 0 Å². The highest BCUT2D eigenvalue weighted by atomic mass is 35.5. The summed E-state index contributed by atoms with van der Waals surface area (Å²) in [6, 6.07) is 11.1. The van der Waals surface area contributed by atoms with Crippen LogP contribution in [0.1, 0.15) is 18.5 Å². The minimum Gasteiger partial charge on any atom is -0.493 e. The summed E-state index contributed by atoms with van der Waals surface area (Å²) < 4.78 is 18.6. The number of aromatic nitrogens is 2. The van der Waals surface area contributed by atoms with Gasteiger partial charge in [0.1, 0.15) is 17.8 Å². The number of nitrogens with zero attached hydrogens (tertiary/aromatic N) is 2. The molecule has 3 aromatic rings. The van der Waals surface area contributed by atoms with Gasteiger partial charge in [0, 0.05) is 37.4 Å². The molecule has 31 heavy (non-hydrogen) atoms. The van der Waals surface area contributed by atoms with E-state index in [2.05, 4.69) is 10.3 Å². The molecule has 0 unspecified atom stereocenters. The molecule has 1 fully saturated rings. The Balaban J connectivity index is 0.00000171. The highest BCUT2D eigenvalue weighted by molar-refractivity contribution is 5.98. The predicted molar refractivity (Wildman–Crippen MR) is 123 cm³/mol. The number of imidazole rings is 1. The molecule has 1 aliphatic heterocycles. The van der Waals surface area contributed by atoms with E-state index in [9.17, 15) is 4.79 Å². The molecule has 0 spiro atoms. The highest BCUT2D eigenvalue weighted by Gasteiger charge is 2.36. The number of hydrogen-bond donors (Lipinski definition) is 2. The molecular formula is C21H26Cl2N4O4. The van der Waals surface area contributed by atoms with Crippen molar-refractivity contribution in [3.63, 3.8) is 0 Å². The minimum atomic E-state index is -0.921. The van der Waals surface area contributed by atoms with E-state index in [-0.39, 0.29) is 37.3 Å². The standard InChI is InChI=1S/C21H24N4O4.2ClH/c1-27-17-6-5-15(24-20(26)21(22)7-10-28-11-8-21)12-18(17)29-14-16-13-25-9-3-2-4-19(25)23-16;;/h2-6,9,12-13H,7-8,10-11,14,22H2,1H3,(H,24,26);2*1H. The Hall–Kier alpha value is -2.52. The lowest BCUT2D eigenvalue weighted by Crippen LogP contribution is -2.54. The van der Waals surface area contributed by atoms with E-state index in [0.717, 1.165) is 11.3 Å². The van der Waals surface area contributed by atoms with Crippen LogP contribution in [0.25, 0.3) is 5.65 Å². The van der Waals surface area contributed by atoms with Gasteiger partial charge in [-0.2, -0.15) is 0 Å². The van der Waals surface area contributed by atoms with Gasteiger partial charge in [-0.3, -0.25) is 4.79 Å². The van der Waals surface area contributed by atoms with Crippen LogP contribution >= 0.6 is 24.8 Å². The first-order valence-electron chi connectivity index (χ1n) is 9.49. The number of ether oxygens (including phenoxy) is 3. The number of pyridine rings is 1. The molecule has 1 aromatic carbocycles. The first kappa shape index (κ1) is 24.7. The Kier molecular flexibility index (Phi) is 8.52. The van der Waals surface area contributed by atoms with E-state index in [1.54, 1.807) is 25.3 Å². The summed E-state index contributed by atoms with van der Waals surface area (Å²) in [6.45, 7) is 1.24. The summed E-state index contributed by atoms with van der Waals surface area (Å²) in [5.74, 6) is 0.859. The number of carbonyl (C=O) groups excluding carboxylic acids is 1. The van der Waals surface area contributed by atoms with Crippen molar-refractivity contribution in [3.8, 4) is 11.5 Å². The second-order valence-corrected chi connectivity index (χ2v) is 7.08. The SMILES string of the molecule is COc1ccc(NC(=O)C2(N)CCOCC2)cc1OCc1cn2ccccc2n1.Cl.Cl. The number of methoxy groups -OCH3 is 1. The maximum atomic E-state index is 12.7. The van der Waals surface area contributed by atoms with E-state index >= 15 is 0 Å². The van der Waals surface area contributed by atoms with Gasteiger partial charge in [-0.05, 0) is 37.1 Å². The topological polar surface area (TPSA) is 100 Å². The van der Waals surface area contributed by atoms with Gasteiger partial charge in [0.2, 0.25) is 5.91 Å². The second kappa shape index (κ2) is 10.7. The quantitative estimate of drug-likeness (QED) is 0.575. The lowest BCUT2D eigenvalue weighted by molar-refractivity contribution is -0.124. The van der Waals surface area contributed by atoms with Gasteiger partial charge in [0.25, 0.3) is 0 Å². The molecule has 2 aromatic heterocycles. The zero-order valence-electron chi connectivity index (χ0n) is 17.1. The molecule has 168 valence electrons. The summed E-state index contributed by atoms with van der Waals surface area (Å²) in [7, 11) is 1.57. The van der Waals surface area contributed by atoms with Crippen LogP contribution in [0.3, 0.4) is 0 Å². The number of benzene rings is 1. The average molecular weight is 469 g/mol. The van der Waals surface area contributed by atoms with Crippen LogP contribution in [-0.2, 0) is 16.1 Å². The minimum absolute atomic E-state index is 0. The summed E-state index contributed by atoms with van der Waals surface area (Å²) in [4.78, 5) is 17.2. The lowest BCUT2D eigenvalue weighted by atomic mass is 9.90. The number of halogens is 2. The number of fused-ring (bicyclic) bond motifs is 1. The maximum absolute atomic E-state index is 12.7. The number of rotatable bonds is 6. The van der Waals surface area contributed by atoms with Crippen molar-refractivity contribution in [2.45, 2.75) is 25.0 Å². The fourth-order valence-electron chi connectivity index (χ4n) is 3.29. The van der Waals surface area contributed by atoms with E-state index in [1.165, 1.54) is 0 Å². The number of carbonyl (C=O) groups is 1. The molecule has 0 bridgehead atoms. The van der Waals surface area contributed by atoms with Crippen molar-refractivity contribution in [3.05, 3.63) is 54.5 Å². The summed E-state index contributed by atoms with van der Waals surface area (Å²) in [6.07, 6.45) is 4.83. The van der Waals surface area contributed by atoms with E-state index in [4.69, 9.17) is 19.9 Å². The lowest BCUT2D eigenvalue weighted by Gasteiger charge is -2.31. The summed E-state index contributed by atoms with van der Waals surface area (Å²) in [5.41, 5.74) is 7.57. The molecule has 0 saturated carbocycles. The third-order valence-corrected chi connectivity index (χ3v) is 5.05. The van der Waals surface area contributed by atoms with Crippen molar-refractivity contribution in [1.82, 2.24) is 9.38 Å². The van der Waals surface area contributed by atoms with Crippen molar-refractivity contribution >= 4 is 42.1 Å². The number of amides is 1. The van der Waals surface area contributed by atoms with Gasteiger partial charge in [-0.1, -0.05) is 6.07 Å². The number of hydrogen-bond acceptors (Lipinski definition) is 6. The van der Waals surface area contributed by atoms with Gasteiger partial charge in [0.15, 0.2) is 11.5 Å². The number of nitrogens with one attached hydrogen (secondary N) is 1. The summed E-state index contributed by atoms with van der Waals surface area (Å²) in [5, 5.41) is 2.89. The molecule has 8 nitrogen and oxygen atoms in total. The van der Waals surface area contributed by atoms with Crippen LogP contribution in [0.2, 0.25) is 0 Å². The van der Waals surface area contributed by atoms with Crippen molar-refractivity contribution in [2.24, 2.45) is 5.73 Å². The molecule has 1 amide bonds. The molecule has 1 saturated heterocycles. The van der Waals surface area contributed by atoms with Crippen LogP contribution in [0.5, 0.6) is 11.5 Å². The number of anilines is 1. The Morgan fingerprint density at radius 1 is 1.23 bits per heavy atom. The fourth-order valence-corrected chi connectivity index (χ4v) is 3.29. The molecular weight excluding hydrogens is 443 g/mol. The molecule has 0 atom stereocenters. The zero-order chi connectivity index (χ0) is 20.3. The van der Waals surface area contributed by atoms with Gasteiger partial charge >= 0.3 is 0 Å². The predicted octanol–water partition coefficient (Wildman–Crippen LogP) is 3.21. The second-order valence-electron chi connectivity index (χ2n) is 7.08. The van der Waals surface area contributed by atoms with E-state index < -0.39 is 5.54 Å². The molecule has 0 aliphatic carbocycles. The van der Waals surface area contributed by atoms with E-state index in [0.29, 0.717) is 43.2 Å². The molecule has 0 radical (unpaired) electrons. The monoisotopic (exact) mass is 468 g/mol. The zero-order valence-corrected chi connectivity index (χ0v) is 18.7. The Labute approximate surface area is 192 Å². The molecule has 10 heteroatoms. The molecule has 3 N–H and O–H groups in total. The van der Waals surface area contributed by atoms with Crippen molar-refractivity contribution in [2.75, 3.05) is 25.6 Å². The van der Waals surface area contributed by atoms with Gasteiger partial charge < -0.3 is 29.7 Å². The average Bonchev–Trinajstić information content (AvgIpc) is 3.16. The Morgan fingerprint density at radius 3 is 2.71 bits per heavy atom. The Bertz CT molecular complexity index is 989. The van der Waals surface area contributed by atoms with Crippen molar-refractivity contribution in [1.29, 1.82) is 0 Å². The Morgan fingerprint density at radius 2 is 2.00 bits per heavy atom. The number of nitrogens with two attached hydrogens (primary N) is 1. The normalized spacial score (nSPS) is 14.8. The molecule has 1 aliphatic rings. The largest absolute Gasteiger partial charge is 0.493 e. The van der Waals surface area contributed by atoms with Gasteiger partial charge in [0.05, 0.1) is 12.8 Å². The van der Waals surface area contributed by atoms with Gasteiger partial charge in [-0.25, -0.2) is 4.98 Å². The summed E-state index contributed by atoms with van der Waals surface area (Å²) >= 11 is 0. The maximum Gasteiger partial charge on any atom is 0.244 e. The van der Waals surface area contributed by atoms with Crippen LogP contribution in [0.4, 0.5) is 5.69 Å². The first-order valence-corrected chi connectivity index (χ1v) is 9.49. The first-order chi connectivity index (χ1) is 14.1. The fraction of sp³-hybridized carbons (Fsp3) is 0.333. The third kappa shape index (κ3) is 5.59. The highest BCUT2D eigenvalue weighted by Crippen LogP contribution is 2.31. The molecule has 4 rings (SSSR count). The van der Waals surface area contributed by atoms with Crippen LogP contribution < -0.4 is 20.5 Å². The van der Waals surface area contributed by atoms with Crippen LogP contribution in [-0.4, -0.2) is 41.2 Å². The van der Waals surface area contributed by atoms with Crippen molar-refractivity contribution < 1.29 is 19.0 Å². The molecule has 3 heterocycles. The third-order valence-electron chi connectivity index (χ3n) is 5.05. The van der Waals surface area contributed by atoms with E-state index in [1.807, 2.05) is 35.0 Å².